The molecule has 2 saturated heterocycles. The van der Waals surface area contributed by atoms with Crippen molar-refractivity contribution in [2.75, 3.05) is 24.5 Å². The Labute approximate surface area is 164 Å². The molecule has 6 nitrogen and oxygen atoms in total. The number of rotatable bonds is 5. The fourth-order valence-electron chi connectivity index (χ4n) is 5.32. The molecule has 1 saturated carbocycles. The highest BCUT2D eigenvalue weighted by Gasteiger charge is 2.59. The molecule has 0 unspecified atom stereocenters. The number of nitrogens with one attached hydrogen (secondary N) is 1. The maximum Gasteiger partial charge on any atom is 0.240 e. The third-order valence-electron chi connectivity index (χ3n) is 6.76. The molecule has 3 amide bonds. The molecular formula is C22H25N3O3. The zero-order valence-corrected chi connectivity index (χ0v) is 15.8. The average molecular weight is 379 g/mol. The van der Waals surface area contributed by atoms with Gasteiger partial charge in [0.1, 0.15) is 6.54 Å². The van der Waals surface area contributed by atoms with E-state index in [9.17, 15) is 14.4 Å². The smallest absolute Gasteiger partial charge is 0.240 e. The minimum Gasteiger partial charge on any atom is -0.372 e. The van der Waals surface area contributed by atoms with Gasteiger partial charge in [-0.1, -0.05) is 24.3 Å². The first-order chi connectivity index (χ1) is 13.6. The van der Waals surface area contributed by atoms with Crippen LogP contribution in [0.1, 0.15) is 24.8 Å². The van der Waals surface area contributed by atoms with Crippen molar-refractivity contribution in [1.29, 1.82) is 0 Å². The first-order valence-electron chi connectivity index (χ1n) is 10.3. The molecule has 4 atom stereocenters. The number of benzene rings is 1. The van der Waals surface area contributed by atoms with Crippen LogP contribution >= 0.6 is 0 Å². The summed E-state index contributed by atoms with van der Waals surface area (Å²) in [5.41, 5.74) is 2.23. The standard InChI is InChI=1S/C22H25N3O3/c26-18(23-12-14-3-7-17(8-4-14)24-9-1-2-10-24)13-25-21(27)19-15-5-6-16(11-15)20(19)22(25)28/h3-8,15-16,19-20H,1-2,9-13H2,(H,23,26)/t15-,16-,19-,20+/m0/s1. The van der Waals surface area contributed by atoms with Crippen molar-refractivity contribution in [3.8, 4) is 0 Å². The summed E-state index contributed by atoms with van der Waals surface area (Å²) in [6.07, 6.45) is 7.51. The topological polar surface area (TPSA) is 69.7 Å². The lowest BCUT2D eigenvalue weighted by Crippen LogP contribution is -2.41. The maximum absolute atomic E-state index is 12.6. The number of hydrogen-bond donors (Lipinski definition) is 1. The predicted octanol–water partition coefficient (Wildman–Crippen LogP) is 1.71. The Morgan fingerprint density at radius 1 is 0.964 bits per heavy atom. The van der Waals surface area contributed by atoms with Gasteiger partial charge in [0.15, 0.2) is 0 Å². The van der Waals surface area contributed by atoms with Crippen LogP contribution in [0.5, 0.6) is 0 Å². The number of fused-ring (bicyclic) bond motifs is 5. The number of allylic oxidation sites excluding steroid dienone is 2. The number of carbonyl (C=O) groups excluding carboxylic acids is 3. The van der Waals surface area contributed by atoms with E-state index in [1.54, 1.807) is 0 Å². The second kappa shape index (κ2) is 6.76. The summed E-state index contributed by atoms with van der Waals surface area (Å²) in [7, 11) is 0. The van der Waals surface area contributed by atoms with Crippen LogP contribution in [-0.2, 0) is 20.9 Å². The van der Waals surface area contributed by atoms with Crippen molar-refractivity contribution < 1.29 is 14.4 Å². The number of carbonyl (C=O) groups is 3. The molecule has 2 aliphatic heterocycles. The van der Waals surface area contributed by atoms with E-state index in [1.165, 1.54) is 23.4 Å². The Morgan fingerprint density at radius 3 is 2.18 bits per heavy atom. The summed E-state index contributed by atoms with van der Waals surface area (Å²) < 4.78 is 0. The molecule has 5 rings (SSSR count). The van der Waals surface area contributed by atoms with Crippen molar-refractivity contribution in [2.24, 2.45) is 23.7 Å². The third kappa shape index (κ3) is 2.82. The van der Waals surface area contributed by atoms with Gasteiger partial charge < -0.3 is 10.2 Å². The Morgan fingerprint density at radius 2 is 1.57 bits per heavy atom. The molecule has 0 radical (unpaired) electrons. The van der Waals surface area contributed by atoms with Gasteiger partial charge in [0.2, 0.25) is 17.7 Å². The quantitative estimate of drug-likeness (QED) is 0.625. The summed E-state index contributed by atoms with van der Waals surface area (Å²) in [5, 5.41) is 2.85. The van der Waals surface area contributed by atoms with Gasteiger partial charge in [-0.25, -0.2) is 0 Å². The highest BCUT2D eigenvalue weighted by molar-refractivity contribution is 6.08. The van der Waals surface area contributed by atoms with E-state index < -0.39 is 0 Å². The average Bonchev–Trinajstić information content (AvgIpc) is 3.49. The van der Waals surface area contributed by atoms with Crippen molar-refractivity contribution in [3.05, 3.63) is 42.0 Å². The van der Waals surface area contributed by atoms with Gasteiger partial charge >= 0.3 is 0 Å². The van der Waals surface area contributed by atoms with E-state index >= 15 is 0 Å². The molecule has 1 N–H and O–H groups in total. The Kier molecular flexibility index (Phi) is 4.22. The van der Waals surface area contributed by atoms with Crippen LogP contribution in [0.4, 0.5) is 5.69 Å². The lowest BCUT2D eigenvalue weighted by molar-refractivity contribution is -0.144. The number of likely N-dealkylation sites (tertiary alicyclic amines) is 1. The molecule has 3 fully saturated rings. The van der Waals surface area contributed by atoms with Gasteiger partial charge in [0.05, 0.1) is 11.8 Å². The van der Waals surface area contributed by atoms with Gasteiger partial charge in [0, 0.05) is 25.3 Å². The molecule has 1 aromatic carbocycles. The largest absolute Gasteiger partial charge is 0.372 e. The first-order valence-corrected chi connectivity index (χ1v) is 10.3. The summed E-state index contributed by atoms with van der Waals surface area (Å²) in [4.78, 5) is 41.2. The Hall–Kier alpha value is -2.63. The first kappa shape index (κ1) is 17.5. The van der Waals surface area contributed by atoms with Gasteiger partial charge in [-0.15, -0.1) is 0 Å². The zero-order chi connectivity index (χ0) is 19.3. The fraction of sp³-hybridized carbons (Fsp3) is 0.500. The van der Waals surface area contributed by atoms with Gasteiger partial charge in [-0.2, -0.15) is 0 Å². The van der Waals surface area contributed by atoms with Crippen LogP contribution in [0.25, 0.3) is 0 Å². The van der Waals surface area contributed by atoms with Gasteiger partial charge in [-0.05, 0) is 48.8 Å². The Balaban J connectivity index is 1.16. The van der Waals surface area contributed by atoms with E-state index in [0.717, 1.165) is 25.1 Å². The van der Waals surface area contributed by atoms with Crippen molar-refractivity contribution >= 4 is 23.4 Å². The van der Waals surface area contributed by atoms with E-state index in [0.29, 0.717) is 6.54 Å². The van der Waals surface area contributed by atoms with E-state index in [4.69, 9.17) is 0 Å². The van der Waals surface area contributed by atoms with Crippen LogP contribution in [0.3, 0.4) is 0 Å². The molecule has 0 spiro atoms. The summed E-state index contributed by atoms with van der Waals surface area (Å²) in [6, 6.07) is 8.22. The summed E-state index contributed by atoms with van der Waals surface area (Å²) >= 11 is 0. The summed E-state index contributed by atoms with van der Waals surface area (Å²) in [6.45, 7) is 2.44. The molecule has 2 aliphatic carbocycles. The second-order valence-corrected chi connectivity index (χ2v) is 8.40. The monoisotopic (exact) mass is 379 g/mol. The number of anilines is 1. The van der Waals surface area contributed by atoms with E-state index in [1.807, 2.05) is 12.1 Å². The molecular weight excluding hydrogens is 354 g/mol. The van der Waals surface area contributed by atoms with Crippen LogP contribution < -0.4 is 10.2 Å². The Bertz CT molecular complexity index is 811. The number of imide groups is 1. The highest BCUT2D eigenvalue weighted by atomic mass is 16.2. The normalized spacial score (nSPS) is 30.4. The van der Waals surface area contributed by atoms with E-state index in [-0.39, 0.29) is 47.9 Å². The van der Waals surface area contributed by atoms with Crippen molar-refractivity contribution in [3.63, 3.8) is 0 Å². The highest BCUT2D eigenvalue weighted by Crippen LogP contribution is 2.52. The minimum absolute atomic E-state index is 0.169. The maximum atomic E-state index is 12.6. The molecule has 4 aliphatic rings. The van der Waals surface area contributed by atoms with Crippen LogP contribution in [0.2, 0.25) is 0 Å². The van der Waals surface area contributed by atoms with Gasteiger partial charge in [0.25, 0.3) is 0 Å². The summed E-state index contributed by atoms with van der Waals surface area (Å²) in [5.74, 6) is -0.760. The predicted molar refractivity (Wildman–Crippen MR) is 104 cm³/mol. The fourth-order valence-corrected chi connectivity index (χ4v) is 5.32. The number of hydrogen-bond acceptors (Lipinski definition) is 4. The zero-order valence-electron chi connectivity index (χ0n) is 15.8. The number of nitrogens with zero attached hydrogens (tertiary/aromatic N) is 2. The van der Waals surface area contributed by atoms with Gasteiger partial charge in [-0.3, -0.25) is 19.3 Å². The number of amides is 3. The van der Waals surface area contributed by atoms with Crippen LogP contribution in [0, 0.1) is 23.7 Å². The van der Waals surface area contributed by atoms with Crippen LogP contribution in [0.15, 0.2) is 36.4 Å². The third-order valence-corrected chi connectivity index (χ3v) is 6.76. The molecule has 0 aromatic heterocycles. The minimum atomic E-state index is -0.286. The molecule has 28 heavy (non-hydrogen) atoms. The lowest BCUT2D eigenvalue weighted by atomic mass is 9.85. The molecule has 2 bridgehead atoms. The van der Waals surface area contributed by atoms with Crippen molar-refractivity contribution in [2.45, 2.75) is 25.8 Å². The lowest BCUT2D eigenvalue weighted by Gasteiger charge is -2.18. The molecule has 6 heteroatoms. The molecule has 146 valence electrons. The van der Waals surface area contributed by atoms with E-state index in [2.05, 4.69) is 34.5 Å². The molecule has 2 heterocycles. The van der Waals surface area contributed by atoms with Crippen molar-refractivity contribution in [1.82, 2.24) is 10.2 Å². The van der Waals surface area contributed by atoms with Crippen LogP contribution in [-0.4, -0.2) is 42.3 Å². The molecule has 1 aromatic rings. The SMILES string of the molecule is O=C(CN1C(=O)[C@@H]2[C@H](C1=O)[C@H]1C=C[C@H]2C1)NCc1ccc(N2CCCC2)cc1. The second-order valence-electron chi connectivity index (χ2n) is 8.40.